The van der Waals surface area contributed by atoms with Crippen LogP contribution in [0, 0.1) is 11.7 Å². The molecule has 2 atom stereocenters. The average Bonchev–Trinajstić information content (AvgIpc) is 3.77. The summed E-state index contributed by atoms with van der Waals surface area (Å²) in [5.41, 5.74) is 4.07. The van der Waals surface area contributed by atoms with Gasteiger partial charge in [-0.25, -0.2) is 23.0 Å². The summed E-state index contributed by atoms with van der Waals surface area (Å²) >= 11 is 0. The van der Waals surface area contributed by atoms with E-state index < -0.39 is 50.6 Å². The van der Waals surface area contributed by atoms with Gasteiger partial charge in [0.05, 0.1) is 32.6 Å². The molecule has 1 aliphatic rings. The van der Waals surface area contributed by atoms with Gasteiger partial charge in [0.1, 0.15) is 17.3 Å². The molecule has 0 spiro atoms. The largest absolute Gasteiger partial charge is 0.433 e. The molecule has 2 unspecified atom stereocenters. The molecule has 0 saturated heterocycles. The first-order valence-electron chi connectivity index (χ1n) is 15.7. The number of carbonyl (C=O) groups is 1. The zero-order chi connectivity index (χ0) is 35.1. The molecule has 1 saturated carbocycles. The van der Waals surface area contributed by atoms with Gasteiger partial charge in [-0.1, -0.05) is 25.0 Å². The Morgan fingerprint density at radius 3 is 2.39 bits per heavy atom. The molecule has 2 aromatic carbocycles. The fourth-order valence-electron chi connectivity index (χ4n) is 5.67. The zero-order valence-electron chi connectivity index (χ0n) is 27.0. The molecule has 14 heteroatoms. The van der Waals surface area contributed by atoms with Crippen LogP contribution in [0.3, 0.4) is 0 Å². The van der Waals surface area contributed by atoms with Crippen molar-refractivity contribution in [2.24, 2.45) is 5.92 Å². The van der Waals surface area contributed by atoms with Crippen LogP contribution in [0.1, 0.15) is 73.8 Å². The highest BCUT2D eigenvalue weighted by Gasteiger charge is 2.41. The second-order valence-corrected chi connectivity index (χ2v) is 15.1. The lowest BCUT2D eigenvalue weighted by Gasteiger charge is -2.38. The third-order valence-corrected chi connectivity index (χ3v) is 10.2. The average molecular weight is 694 g/mol. The second-order valence-electron chi connectivity index (χ2n) is 13.2. The van der Waals surface area contributed by atoms with Crippen molar-refractivity contribution < 1.29 is 26.6 Å². The molecular formula is C35H35F4N7O2S. The second kappa shape index (κ2) is 13.0. The Morgan fingerprint density at radius 1 is 0.980 bits per heavy atom. The molecule has 4 N–H and O–H groups in total. The van der Waals surface area contributed by atoms with Crippen molar-refractivity contribution in [3.8, 4) is 5.69 Å². The molecule has 1 fully saturated rings. The number of carbonyl (C=O) groups excluding carboxylic acids is 1. The van der Waals surface area contributed by atoms with Gasteiger partial charge < -0.3 is 11.1 Å². The summed E-state index contributed by atoms with van der Waals surface area (Å²) in [6.07, 6.45) is 3.29. The summed E-state index contributed by atoms with van der Waals surface area (Å²) in [5.74, 6) is -1.25. The third kappa shape index (κ3) is 7.20. The Hall–Kier alpha value is -4.69. The van der Waals surface area contributed by atoms with Crippen LogP contribution < -0.4 is 15.8 Å². The first-order valence-corrected chi connectivity index (χ1v) is 16.8. The van der Waals surface area contributed by atoms with Gasteiger partial charge in [0.2, 0.25) is 0 Å². The summed E-state index contributed by atoms with van der Waals surface area (Å²) in [4.78, 5) is 21.6. The fraction of sp³-hybridized carbons (Fsp3) is 0.314. The monoisotopic (exact) mass is 693 g/mol. The predicted molar refractivity (Wildman–Crippen MR) is 181 cm³/mol. The Morgan fingerprint density at radius 2 is 1.71 bits per heavy atom. The fourth-order valence-corrected chi connectivity index (χ4v) is 6.63. The molecule has 0 aliphatic heterocycles. The number of benzene rings is 2. The standard InChI is InChI=1S/C35H35F4N7O2S/c1-33(2,3)49(48)45-34(14-10-21-4-5-21,23-12-15-41-16-13-23)24-7-9-27(36)28(18-24)43-32(47)29-20-30(35(37,38)39)46(44-29)25-8-6-22-11-17-42-31(40)26(22)19-25/h6-9,11-13,15-21,45H,4-5,10,14H2,1-3H3,(H2,40,42)(H,43,47). The van der Waals surface area contributed by atoms with E-state index in [1.165, 1.54) is 30.5 Å². The van der Waals surface area contributed by atoms with Crippen molar-refractivity contribution in [1.29, 1.82) is 0 Å². The number of fused-ring (bicyclic) bond motifs is 1. The van der Waals surface area contributed by atoms with Crippen LogP contribution in [-0.4, -0.2) is 34.6 Å². The minimum absolute atomic E-state index is 0.00229. The maximum atomic E-state index is 15.4. The normalized spacial score (nSPS) is 15.6. The van der Waals surface area contributed by atoms with E-state index in [-0.39, 0.29) is 17.2 Å². The summed E-state index contributed by atoms with van der Waals surface area (Å²) in [6.45, 7) is 5.51. The van der Waals surface area contributed by atoms with Crippen LogP contribution in [-0.2, 0) is 22.7 Å². The van der Waals surface area contributed by atoms with E-state index >= 15 is 4.39 Å². The van der Waals surface area contributed by atoms with Crippen LogP contribution >= 0.6 is 0 Å². The molecule has 1 aliphatic carbocycles. The van der Waals surface area contributed by atoms with Crippen molar-refractivity contribution >= 4 is 39.2 Å². The van der Waals surface area contributed by atoms with Gasteiger partial charge in [-0.15, -0.1) is 0 Å². The van der Waals surface area contributed by atoms with Crippen LogP contribution in [0.5, 0.6) is 0 Å². The molecule has 6 rings (SSSR count). The van der Waals surface area contributed by atoms with E-state index in [4.69, 9.17) is 5.73 Å². The number of hydrogen-bond donors (Lipinski definition) is 3. The molecule has 0 bridgehead atoms. The summed E-state index contributed by atoms with van der Waals surface area (Å²) < 4.78 is 75.1. The van der Waals surface area contributed by atoms with Gasteiger partial charge in [-0.3, -0.25) is 9.78 Å². The Labute approximate surface area is 282 Å². The highest BCUT2D eigenvalue weighted by Crippen LogP contribution is 2.43. The number of anilines is 2. The molecule has 256 valence electrons. The number of nitrogens with two attached hydrogens (primary N) is 1. The molecule has 3 aromatic heterocycles. The van der Waals surface area contributed by atoms with E-state index in [0.717, 1.165) is 24.8 Å². The number of hydrogen-bond acceptors (Lipinski definition) is 6. The van der Waals surface area contributed by atoms with Crippen molar-refractivity contribution in [3.05, 3.63) is 108 Å². The number of nitrogens with zero attached hydrogens (tertiary/aromatic N) is 4. The van der Waals surface area contributed by atoms with E-state index in [2.05, 4.69) is 25.1 Å². The smallest absolute Gasteiger partial charge is 0.383 e. The minimum atomic E-state index is -4.88. The minimum Gasteiger partial charge on any atom is -0.383 e. The molecule has 49 heavy (non-hydrogen) atoms. The van der Waals surface area contributed by atoms with E-state index in [9.17, 15) is 22.2 Å². The topological polar surface area (TPSA) is 128 Å². The molecule has 0 radical (unpaired) electrons. The van der Waals surface area contributed by atoms with Gasteiger partial charge in [0.15, 0.2) is 5.69 Å². The SMILES string of the molecule is CC(C)(C)S(=O)NC(CCC1CC1)(c1ccncc1)c1ccc(F)c(NC(=O)c2cc(C(F)(F)F)n(-c3ccc4ccnc(N)c4c3)n2)c1. The number of aromatic nitrogens is 4. The number of rotatable bonds is 10. The maximum Gasteiger partial charge on any atom is 0.433 e. The highest BCUT2D eigenvalue weighted by atomic mass is 32.2. The summed E-state index contributed by atoms with van der Waals surface area (Å²) in [5, 5.41) is 7.49. The van der Waals surface area contributed by atoms with Crippen molar-refractivity contribution in [3.63, 3.8) is 0 Å². The lowest BCUT2D eigenvalue weighted by atomic mass is 9.79. The van der Waals surface area contributed by atoms with Crippen molar-refractivity contribution in [2.45, 2.75) is 62.9 Å². The van der Waals surface area contributed by atoms with Crippen LogP contribution in [0.25, 0.3) is 16.5 Å². The number of amides is 1. The number of halogens is 4. The van der Waals surface area contributed by atoms with Gasteiger partial charge >= 0.3 is 6.18 Å². The lowest BCUT2D eigenvalue weighted by molar-refractivity contribution is -0.142. The highest BCUT2D eigenvalue weighted by molar-refractivity contribution is 7.84. The van der Waals surface area contributed by atoms with E-state index in [0.29, 0.717) is 39.4 Å². The first-order chi connectivity index (χ1) is 23.2. The Kier molecular flexibility index (Phi) is 9.05. The lowest BCUT2D eigenvalue weighted by Crippen LogP contribution is -2.49. The van der Waals surface area contributed by atoms with Gasteiger partial charge in [-0.05, 0) is 98.5 Å². The summed E-state index contributed by atoms with van der Waals surface area (Å²) in [7, 11) is -1.57. The van der Waals surface area contributed by atoms with E-state index in [1.54, 1.807) is 42.7 Å². The van der Waals surface area contributed by atoms with Gasteiger partial charge in [0, 0.05) is 30.0 Å². The van der Waals surface area contributed by atoms with Crippen LogP contribution in [0.15, 0.2) is 79.3 Å². The third-order valence-electron chi connectivity index (χ3n) is 8.59. The van der Waals surface area contributed by atoms with Gasteiger partial charge in [0.25, 0.3) is 5.91 Å². The number of alkyl halides is 3. The molecule has 9 nitrogen and oxygen atoms in total. The van der Waals surface area contributed by atoms with Crippen molar-refractivity contribution in [1.82, 2.24) is 24.5 Å². The first kappa shape index (κ1) is 34.2. The molecule has 1 amide bonds. The molecule has 3 heterocycles. The Bertz CT molecular complexity index is 2040. The molecular weight excluding hydrogens is 658 g/mol. The van der Waals surface area contributed by atoms with Crippen LogP contribution in [0.4, 0.5) is 29.1 Å². The van der Waals surface area contributed by atoms with Crippen molar-refractivity contribution in [2.75, 3.05) is 11.1 Å². The zero-order valence-corrected chi connectivity index (χ0v) is 27.8. The maximum absolute atomic E-state index is 15.4. The molecule has 5 aromatic rings. The van der Waals surface area contributed by atoms with Gasteiger partial charge in [-0.2, -0.15) is 18.3 Å². The van der Waals surface area contributed by atoms with E-state index in [1.807, 2.05) is 20.8 Å². The Balaban J connectivity index is 1.39. The quantitative estimate of drug-likeness (QED) is 0.132. The number of nitrogen functional groups attached to an aromatic ring is 1. The number of nitrogens with one attached hydrogen (secondary N) is 2. The summed E-state index contributed by atoms with van der Waals surface area (Å²) in [6, 6.07) is 14.4. The predicted octanol–water partition coefficient (Wildman–Crippen LogP) is 7.29. The van der Waals surface area contributed by atoms with Crippen LogP contribution in [0.2, 0.25) is 0 Å². The number of pyridine rings is 2.